The molecule has 1 aromatic rings. The second kappa shape index (κ2) is 3.91. The number of hydrogen-bond donors (Lipinski definition) is 0. The molecule has 0 saturated heterocycles. The highest BCUT2D eigenvalue weighted by Gasteiger charge is 2.28. The monoisotopic (exact) mass is 214 g/mol. The molecule has 86 valence electrons. The van der Waals surface area contributed by atoms with Crippen molar-refractivity contribution < 1.29 is 0 Å². The van der Waals surface area contributed by atoms with E-state index in [1.54, 1.807) is 22.3 Å². The Morgan fingerprint density at radius 3 is 2.75 bits per heavy atom. The number of rotatable bonds is 2. The summed E-state index contributed by atoms with van der Waals surface area (Å²) in [6, 6.07) is 4.82. The summed E-state index contributed by atoms with van der Waals surface area (Å²) in [5.74, 6) is 1.72. The molecule has 0 amide bonds. The lowest BCUT2D eigenvalue weighted by Gasteiger charge is -2.17. The molecule has 3 rings (SSSR count). The van der Waals surface area contributed by atoms with E-state index in [1.807, 2.05) is 0 Å². The molecule has 0 radical (unpaired) electrons. The van der Waals surface area contributed by atoms with Gasteiger partial charge in [-0.15, -0.1) is 0 Å². The first-order valence-corrected chi connectivity index (χ1v) is 6.89. The van der Waals surface area contributed by atoms with Crippen molar-refractivity contribution >= 4 is 0 Å². The maximum atomic E-state index is 2.42. The first-order chi connectivity index (χ1) is 7.75. The normalized spacial score (nSPS) is 22.6. The molecular formula is C16H22. The van der Waals surface area contributed by atoms with Gasteiger partial charge in [-0.1, -0.05) is 26.0 Å². The summed E-state index contributed by atoms with van der Waals surface area (Å²) in [5, 5.41) is 0. The Hall–Kier alpha value is -0.780. The summed E-state index contributed by atoms with van der Waals surface area (Å²) in [6.07, 6.45) is 8.21. The molecule has 0 N–H and O–H groups in total. The van der Waals surface area contributed by atoms with E-state index in [-0.39, 0.29) is 0 Å². The van der Waals surface area contributed by atoms with Crippen molar-refractivity contribution in [2.24, 2.45) is 5.92 Å². The standard InChI is InChI=1S/C16H22/c1-11(2)10-14-9-8-13-7-6-12-4-3-5-15(12)16(13)14/h6-7,11,14H,3-5,8-10H2,1-2H3. The van der Waals surface area contributed by atoms with Crippen LogP contribution in [0.15, 0.2) is 12.1 Å². The van der Waals surface area contributed by atoms with E-state index in [2.05, 4.69) is 26.0 Å². The van der Waals surface area contributed by atoms with Crippen molar-refractivity contribution in [2.45, 2.75) is 58.3 Å². The van der Waals surface area contributed by atoms with Crippen molar-refractivity contribution in [1.82, 2.24) is 0 Å². The van der Waals surface area contributed by atoms with Gasteiger partial charge in [0.25, 0.3) is 0 Å². The molecule has 0 fully saturated rings. The summed E-state index contributed by atoms with van der Waals surface area (Å²) < 4.78 is 0. The third kappa shape index (κ3) is 1.59. The molecule has 0 nitrogen and oxygen atoms in total. The molecule has 2 aliphatic carbocycles. The predicted octanol–water partition coefficient (Wildman–Crippen LogP) is 4.25. The topological polar surface area (TPSA) is 0 Å². The van der Waals surface area contributed by atoms with E-state index in [4.69, 9.17) is 0 Å². The molecule has 1 atom stereocenters. The SMILES string of the molecule is CC(C)CC1CCc2ccc3c(c21)CCC3. The highest BCUT2D eigenvalue weighted by molar-refractivity contribution is 5.48. The molecule has 0 spiro atoms. The summed E-state index contributed by atoms with van der Waals surface area (Å²) in [6.45, 7) is 4.72. The fourth-order valence-electron chi connectivity index (χ4n) is 3.75. The molecule has 1 unspecified atom stereocenters. The minimum Gasteiger partial charge on any atom is -0.0628 e. The minimum absolute atomic E-state index is 0.841. The van der Waals surface area contributed by atoms with E-state index in [1.165, 1.54) is 38.5 Å². The van der Waals surface area contributed by atoms with E-state index in [9.17, 15) is 0 Å². The highest BCUT2D eigenvalue weighted by atomic mass is 14.3. The molecule has 2 aliphatic rings. The van der Waals surface area contributed by atoms with Crippen LogP contribution in [0.4, 0.5) is 0 Å². The fraction of sp³-hybridized carbons (Fsp3) is 0.625. The zero-order valence-electron chi connectivity index (χ0n) is 10.6. The van der Waals surface area contributed by atoms with Gasteiger partial charge >= 0.3 is 0 Å². The van der Waals surface area contributed by atoms with Crippen LogP contribution in [0, 0.1) is 5.92 Å². The zero-order valence-corrected chi connectivity index (χ0v) is 10.6. The first-order valence-electron chi connectivity index (χ1n) is 6.89. The summed E-state index contributed by atoms with van der Waals surface area (Å²) >= 11 is 0. The lowest BCUT2D eigenvalue weighted by molar-refractivity contribution is 0.495. The van der Waals surface area contributed by atoms with E-state index in [0.29, 0.717) is 0 Å². The molecule has 0 aromatic heterocycles. The summed E-state index contributed by atoms with van der Waals surface area (Å²) in [7, 11) is 0. The van der Waals surface area contributed by atoms with Crippen LogP contribution in [0.25, 0.3) is 0 Å². The van der Waals surface area contributed by atoms with Crippen LogP contribution in [0.3, 0.4) is 0 Å². The zero-order chi connectivity index (χ0) is 11.1. The van der Waals surface area contributed by atoms with Gasteiger partial charge in [-0.2, -0.15) is 0 Å². The van der Waals surface area contributed by atoms with Crippen LogP contribution in [-0.2, 0) is 19.3 Å². The minimum atomic E-state index is 0.841. The van der Waals surface area contributed by atoms with Crippen LogP contribution < -0.4 is 0 Å². The second-order valence-electron chi connectivity index (χ2n) is 5.99. The number of fused-ring (bicyclic) bond motifs is 3. The van der Waals surface area contributed by atoms with E-state index in [0.717, 1.165) is 11.8 Å². The summed E-state index contributed by atoms with van der Waals surface area (Å²) in [5.41, 5.74) is 6.87. The van der Waals surface area contributed by atoms with Crippen molar-refractivity contribution in [1.29, 1.82) is 0 Å². The molecule has 1 aromatic carbocycles. The van der Waals surface area contributed by atoms with Crippen LogP contribution >= 0.6 is 0 Å². The molecule has 0 aliphatic heterocycles. The van der Waals surface area contributed by atoms with Crippen LogP contribution in [0.2, 0.25) is 0 Å². The maximum Gasteiger partial charge on any atom is -0.0151 e. The molecule has 16 heavy (non-hydrogen) atoms. The fourth-order valence-corrected chi connectivity index (χ4v) is 3.75. The average molecular weight is 214 g/mol. The Labute approximate surface area is 99.1 Å². The van der Waals surface area contributed by atoms with Gasteiger partial charge in [-0.3, -0.25) is 0 Å². The average Bonchev–Trinajstić information content (AvgIpc) is 2.82. The quantitative estimate of drug-likeness (QED) is 0.690. The van der Waals surface area contributed by atoms with Crippen LogP contribution in [-0.4, -0.2) is 0 Å². The summed E-state index contributed by atoms with van der Waals surface area (Å²) in [4.78, 5) is 0. The van der Waals surface area contributed by atoms with Gasteiger partial charge in [-0.25, -0.2) is 0 Å². The molecule has 0 heteroatoms. The Bertz CT molecular complexity index is 401. The van der Waals surface area contributed by atoms with Gasteiger partial charge in [0, 0.05) is 0 Å². The molecule has 0 saturated carbocycles. The Morgan fingerprint density at radius 1 is 1.12 bits per heavy atom. The molecule has 0 heterocycles. The van der Waals surface area contributed by atoms with Gasteiger partial charge in [-0.05, 0) is 72.6 Å². The number of benzene rings is 1. The van der Waals surface area contributed by atoms with Crippen molar-refractivity contribution in [3.8, 4) is 0 Å². The number of aryl methyl sites for hydroxylation is 2. The van der Waals surface area contributed by atoms with Crippen molar-refractivity contribution in [3.05, 3.63) is 34.4 Å². The number of hydrogen-bond acceptors (Lipinski definition) is 0. The lowest BCUT2D eigenvalue weighted by Crippen LogP contribution is -2.02. The third-order valence-corrected chi connectivity index (χ3v) is 4.34. The third-order valence-electron chi connectivity index (χ3n) is 4.34. The highest BCUT2D eigenvalue weighted by Crippen LogP contribution is 2.42. The smallest absolute Gasteiger partial charge is 0.0151 e. The Balaban J connectivity index is 2.00. The van der Waals surface area contributed by atoms with Crippen LogP contribution in [0.1, 0.15) is 61.3 Å². The molecule has 0 bridgehead atoms. The van der Waals surface area contributed by atoms with Gasteiger partial charge in [0.15, 0.2) is 0 Å². The largest absolute Gasteiger partial charge is 0.0628 e. The van der Waals surface area contributed by atoms with Gasteiger partial charge < -0.3 is 0 Å². The second-order valence-corrected chi connectivity index (χ2v) is 5.99. The molecular weight excluding hydrogens is 192 g/mol. The Morgan fingerprint density at radius 2 is 1.94 bits per heavy atom. The van der Waals surface area contributed by atoms with Crippen molar-refractivity contribution in [2.75, 3.05) is 0 Å². The van der Waals surface area contributed by atoms with Gasteiger partial charge in [0.1, 0.15) is 0 Å². The van der Waals surface area contributed by atoms with Crippen LogP contribution in [0.5, 0.6) is 0 Å². The predicted molar refractivity (Wildman–Crippen MR) is 69.0 cm³/mol. The van der Waals surface area contributed by atoms with Gasteiger partial charge in [0.05, 0.1) is 0 Å². The van der Waals surface area contributed by atoms with E-state index < -0.39 is 0 Å². The maximum absolute atomic E-state index is 2.42. The van der Waals surface area contributed by atoms with Crippen molar-refractivity contribution in [3.63, 3.8) is 0 Å². The van der Waals surface area contributed by atoms with E-state index >= 15 is 0 Å². The Kier molecular flexibility index (Phi) is 2.53. The lowest BCUT2D eigenvalue weighted by atomic mass is 9.88. The first kappa shape index (κ1) is 10.4. The van der Waals surface area contributed by atoms with Gasteiger partial charge in [0.2, 0.25) is 0 Å².